The third kappa shape index (κ3) is 4.45. The Morgan fingerprint density at radius 2 is 1.43 bits per heavy atom. The van der Waals surface area contributed by atoms with Crippen molar-refractivity contribution < 1.29 is 14.7 Å². The SMILES string of the molecule is O=C(O)CCC(=O)N(Cc1ccccc1)c1ccccc1. The van der Waals surface area contributed by atoms with Gasteiger partial charge in [0, 0.05) is 12.1 Å². The molecule has 2 aromatic carbocycles. The van der Waals surface area contributed by atoms with Crippen LogP contribution in [0, 0.1) is 0 Å². The van der Waals surface area contributed by atoms with Crippen LogP contribution in [-0.4, -0.2) is 17.0 Å². The summed E-state index contributed by atoms with van der Waals surface area (Å²) in [4.78, 5) is 24.6. The minimum Gasteiger partial charge on any atom is -0.481 e. The Morgan fingerprint density at radius 3 is 2.00 bits per heavy atom. The molecular formula is C17H17NO3. The van der Waals surface area contributed by atoms with E-state index in [9.17, 15) is 9.59 Å². The Labute approximate surface area is 123 Å². The molecule has 0 spiro atoms. The molecule has 0 unspecified atom stereocenters. The maximum Gasteiger partial charge on any atom is 0.303 e. The van der Waals surface area contributed by atoms with E-state index in [1.54, 1.807) is 4.90 Å². The summed E-state index contributed by atoms with van der Waals surface area (Å²) >= 11 is 0. The molecule has 0 heterocycles. The summed E-state index contributed by atoms with van der Waals surface area (Å²) in [6.45, 7) is 0.434. The number of rotatable bonds is 6. The van der Waals surface area contributed by atoms with Crippen LogP contribution >= 0.6 is 0 Å². The van der Waals surface area contributed by atoms with Gasteiger partial charge < -0.3 is 10.0 Å². The number of carbonyl (C=O) groups excluding carboxylic acids is 1. The van der Waals surface area contributed by atoms with E-state index in [-0.39, 0.29) is 18.7 Å². The number of anilines is 1. The van der Waals surface area contributed by atoms with Crippen LogP contribution in [0.25, 0.3) is 0 Å². The fourth-order valence-corrected chi connectivity index (χ4v) is 2.05. The van der Waals surface area contributed by atoms with Gasteiger partial charge in [-0.2, -0.15) is 0 Å². The first kappa shape index (κ1) is 14.8. The fourth-order valence-electron chi connectivity index (χ4n) is 2.05. The second-order valence-corrected chi connectivity index (χ2v) is 4.69. The van der Waals surface area contributed by atoms with Gasteiger partial charge in [0.05, 0.1) is 13.0 Å². The van der Waals surface area contributed by atoms with Crippen LogP contribution in [0.3, 0.4) is 0 Å². The van der Waals surface area contributed by atoms with Crippen LogP contribution in [0.4, 0.5) is 5.69 Å². The molecule has 0 atom stereocenters. The lowest BCUT2D eigenvalue weighted by molar-refractivity contribution is -0.138. The van der Waals surface area contributed by atoms with Gasteiger partial charge in [-0.15, -0.1) is 0 Å². The summed E-state index contributed by atoms with van der Waals surface area (Å²) < 4.78 is 0. The van der Waals surface area contributed by atoms with Gasteiger partial charge in [0.2, 0.25) is 5.91 Å². The van der Waals surface area contributed by atoms with Crippen molar-refractivity contribution in [3.05, 3.63) is 66.2 Å². The van der Waals surface area contributed by atoms with Gasteiger partial charge in [0.1, 0.15) is 0 Å². The predicted molar refractivity (Wildman–Crippen MR) is 80.9 cm³/mol. The third-order valence-electron chi connectivity index (χ3n) is 3.11. The molecular weight excluding hydrogens is 266 g/mol. The highest BCUT2D eigenvalue weighted by atomic mass is 16.4. The first-order valence-corrected chi connectivity index (χ1v) is 6.78. The van der Waals surface area contributed by atoms with Crippen molar-refractivity contribution in [2.45, 2.75) is 19.4 Å². The molecule has 0 aliphatic heterocycles. The van der Waals surface area contributed by atoms with Crippen molar-refractivity contribution in [2.24, 2.45) is 0 Å². The number of para-hydroxylation sites is 1. The summed E-state index contributed by atoms with van der Waals surface area (Å²) in [6.07, 6.45) is -0.159. The molecule has 21 heavy (non-hydrogen) atoms. The molecule has 1 amide bonds. The summed E-state index contributed by atoms with van der Waals surface area (Å²) in [5, 5.41) is 8.73. The Balaban J connectivity index is 2.18. The van der Waals surface area contributed by atoms with Crippen LogP contribution in [0.1, 0.15) is 18.4 Å². The van der Waals surface area contributed by atoms with Gasteiger partial charge in [0.25, 0.3) is 0 Å². The average molecular weight is 283 g/mol. The van der Waals surface area contributed by atoms with Crippen molar-refractivity contribution in [1.82, 2.24) is 0 Å². The van der Waals surface area contributed by atoms with E-state index in [2.05, 4.69) is 0 Å². The van der Waals surface area contributed by atoms with Crippen molar-refractivity contribution >= 4 is 17.6 Å². The molecule has 2 aromatic rings. The minimum atomic E-state index is -0.962. The number of carboxylic acid groups (broad SMARTS) is 1. The van der Waals surface area contributed by atoms with Crippen LogP contribution in [0.5, 0.6) is 0 Å². The number of hydrogen-bond donors (Lipinski definition) is 1. The molecule has 108 valence electrons. The van der Waals surface area contributed by atoms with E-state index in [4.69, 9.17) is 5.11 Å². The standard InChI is InChI=1S/C17H17NO3/c19-16(11-12-17(20)21)18(15-9-5-2-6-10-15)13-14-7-3-1-4-8-14/h1-10H,11-13H2,(H,20,21). The third-order valence-corrected chi connectivity index (χ3v) is 3.11. The Hall–Kier alpha value is -2.62. The highest BCUT2D eigenvalue weighted by Crippen LogP contribution is 2.18. The second-order valence-electron chi connectivity index (χ2n) is 4.69. The van der Waals surface area contributed by atoms with Crippen LogP contribution in [0.2, 0.25) is 0 Å². The highest BCUT2D eigenvalue weighted by molar-refractivity contribution is 5.94. The molecule has 0 bridgehead atoms. The van der Waals surface area contributed by atoms with Crippen molar-refractivity contribution in [3.63, 3.8) is 0 Å². The van der Waals surface area contributed by atoms with Crippen molar-refractivity contribution in [2.75, 3.05) is 4.90 Å². The average Bonchev–Trinajstić information content (AvgIpc) is 2.52. The molecule has 2 rings (SSSR count). The fraction of sp³-hybridized carbons (Fsp3) is 0.176. The van der Waals surface area contributed by atoms with Gasteiger partial charge in [-0.25, -0.2) is 0 Å². The number of carboxylic acids is 1. The number of benzene rings is 2. The first-order valence-electron chi connectivity index (χ1n) is 6.78. The van der Waals surface area contributed by atoms with E-state index in [1.165, 1.54) is 0 Å². The van der Waals surface area contributed by atoms with E-state index in [1.807, 2.05) is 60.7 Å². The molecule has 0 aromatic heterocycles. The normalized spacial score (nSPS) is 10.1. The number of aliphatic carboxylic acids is 1. The molecule has 4 nitrogen and oxygen atoms in total. The Morgan fingerprint density at radius 1 is 0.857 bits per heavy atom. The number of nitrogens with zero attached hydrogens (tertiary/aromatic N) is 1. The van der Waals surface area contributed by atoms with Gasteiger partial charge in [0.15, 0.2) is 0 Å². The quantitative estimate of drug-likeness (QED) is 0.886. The summed E-state index contributed by atoms with van der Waals surface area (Å²) in [6, 6.07) is 18.9. The van der Waals surface area contributed by atoms with Crippen LogP contribution in [0.15, 0.2) is 60.7 Å². The van der Waals surface area contributed by atoms with E-state index < -0.39 is 5.97 Å². The first-order chi connectivity index (χ1) is 10.2. The van der Waals surface area contributed by atoms with Crippen molar-refractivity contribution in [3.8, 4) is 0 Å². The molecule has 0 saturated carbocycles. The molecule has 0 saturated heterocycles. The summed E-state index contributed by atoms with van der Waals surface area (Å²) in [5.74, 6) is -1.15. The molecule has 0 aliphatic carbocycles. The lowest BCUT2D eigenvalue weighted by Gasteiger charge is -2.23. The molecule has 1 N–H and O–H groups in total. The predicted octanol–water partition coefficient (Wildman–Crippen LogP) is 3.08. The maximum absolute atomic E-state index is 12.3. The van der Waals surface area contributed by atoms with Crippen molar-refractivity contribution in [1.29, 1.82) is 0 Å². The Bertz CT molecular complexity index is 596. The van der Waals surface area contributed by atoms with Gasteiger partial charge >= 0.3 is 5.97 Å². The lowest BCUT2D eigenvalue weighted by Crippen LogP contribution is -2.30. The molecule has 0 radical (unpaired) electrons. The van der Waals surface area contributed by atoms with E-state index in [0.29, 0.717) is 6.54 Å². The minimum absolute atomic E-state index is 0.00292. The number of amides is 1. The zero-order chi connectivity index (χ0) is 15.1. The summed E-state index contributed by atoms with van der Waals surface area (Å²) in [5.41, 5.74) is 1.78. The second kappa shape index (κ2) is 7.24. The molecule has 4 heteroatoms. The molecule has 0 fully saturated rings. The topological polar surface area (TPSA) is 57.6 Å². The largest absolute Gasteiger partial charge is 0.481 e. The van der Waals surface area contributed by atoms with Crippen LogP contribution in [-0.2, 0) is 16.1 Å². The van der Waals surface area contributed by atoms with Gasteiger partial charge in [-0.3, -0.25) is 9.59 Å². The zero-order valence-electron chi connectivity index (χ0n) is 11.6. The Kier molecular flexibility index (Phi) is 5.10. The maximum atomic E-state index is 12.3. The number of hydrogen-bond acceptors (Lipinski definition) is 2. The van der Waals surface area contributed by atoms with Gasteiger partial charge in [-0.05, 0) is 17.7 Å². The lowest BCUT2D eigenvalue weighted by atomic mass is 10.1. The zero-order valence-corrected chi connectivity index (χ0v) is 11.6. The highest BCUT2D eigenvalue weighted by Gasteiger charge is 2.16. The van der Waals surface area contributed by atoms with Gasteiger partial charge in [-0.1, -0.05) is 48.5 Å². The molecule has 0 aliphatic rings. The van der Waals surface area contributed by atoms with E-state index in [0.717, 1.165) is 11.3 Å². The smallest absolute Gasteiger partial charge is 0.303 e. The van der Waals surface area contributed by atoms with Crippen LogP contribution < -0.4 is 4.90 Å². The summed E-state index contributed by atoms with van der Waals surface area (Å²) in [7, 11) is 0. The monoisotopic (exact) mass is 283 g/mol. The van der Waals surface area contributed by atoms with E-state index >= 15 is 0 Å². The number of carbonyl (C=O) groups is 2.